The van der Waals surface area contributed by atoms with Crippen molar-refractivity contribution in [3.63, 3.8) is 0 Å². The summed E-state index contributed by atoms with van der Waals surface area (Å²) in [6, 6.07) is 6.67. The molecule has 4 rings (SSSR count). The van der Waals surface area contributed by atoms with Gasteiger partial charge in [-0.25, -0.2) is 8.78 Å². The summed E-state index contributed by atoms with van der Waals surface area (Å²) in [5, 5.41) is 12.3. The van der Waals surface area contributed by atoms with Gasteiger partial charge in [-0.3, -0.25) is 19.4 Å². The summed E-state index contributed by atoms with van der Waals surface area (Å²) in [4.78, 5) is 40.8. The molecule has 0 aliphatic carbocycles. The van der Waals surface area contributed by atoms with Crippen molar-refractivity contribution in [2.45, 2.75) is 12.4 Å². The standard InChI is InChI=1S/C23H15F5N4O5/c1-31-16-10-12(4-6-15(16)32(36)22(35)21(31)34)20(33)30-18(19-13(24)3-2-8-29-19)11-5-7-17(14(25)9-11)37-23(26,27)28/h2-10,18,36H,1H3,(H,30,33). The second kappa shape index (κ2) is 9.37. The number of alkyl halides is 3. The minimum Gasteiger partial charge on any atom is -0.425 e. The minimum atomic E-state index is -5.15. The van der Waals surface area contributed by atoms with Gasteiger partial charge < -0.3 is 19.8 Å². The number of aromatic nitrogens is 3. The van der Waals surface area contributed by atoms with Crippen molar-refractivity contribution in [2.75, 3.05) is 0 Å². The van der Waals surface area contributed by atoms with E-state index < -0.39 is 46.8 Å². The molecule has 192 valence electrons. The van der Waals surface area contributed by atoms with Crippen LogP contribution in [0.15, 0.2) is 64.3 Å². The number of carbonyl (C=O) groups is 1. The number of nitrogens with one attached hydrogen (secondary N) is 1. The topological polar surface area (TPSA) is 115 Å². The Morgan fingerprint density at radius 3 is 2.41 bits per heavy atom. The van der Waals surface area contributed by atoms with E-state index in [9.17, 15) is 41.5 Å². The number of hydrogen-bond acceptors (Lipinski definition) is 6. The Morgan fingerprint density at radius 1 is 1.03 bits per heavy atom. The fourth-order valence-electron chi connectivity index (χ4n) is 3.60. The number of aryl methyl sites for hydroxylation is 1. The van der Waals surface area contributed by atoms with Gasteiger partial charge in [0.15, 0.2) is 11.6 Å². The summed E-state index contributed by atoms with van der Waals surface area (Å²) >= 11 is 0. The average molecular weight is 522 g/mol. The molecule has 2 heterocycles. The average Bonchev–Trinajstić information content (AvgIpc) is 2.85. The number of ether oxygens (including phenoxy) is 1. The molecule has 2 aromatic carbocycles. The van der Waals surface area contributed by atoms with Crippen LogP contribution < -0.4 is 21.2 Å². The molecule has 0 saturated heterocycles. The van der Waals surface area contributed by atoms with Crippen molar-refractivity contribution in [3.05, 3.63) is 104 Å². The van der Waals surface area contributed by atoms with Gasteiger partial charge in [0.1, 0.15) is 17.0 Å². The van der Waals surface area contributed by atoms with Crippen LogP contribution >= 0.6 is 0 Å². The summed E-state index contributed by atoms with van der Waals surface area (Å²) in [6.07, 6.45) is -3.96. The summed E-state index contributed by atoms with van der Waals surface area (Å²) in [7, 11) is 1.24. The van der Waals surface area contributed by atoms with Gasteiger partial charge in [0.2, 0.25) is 0 Å². The minimum absolute atomic E-state index is 0.0000125. The molecule has 2 N–H and O–H groups in total. The molecule has 37 heavy (non-hydrogen) atoms. The highest BCUT2D eigenvalue weighted by molar-refractivity contribution is 5.97. The number of amides is 1. The van der Waals surface area contributed by atoms with Gasteiger partial charge in [-0.1, -0.05) is 6.07 Å². The van der Waals surface area contributed by atoms with Crippen LogP contribution in [0.4, 0.5) is 22.0 Å². The fraction of sp³-hybridized carbons (Fsp3) is 0.130. The molecule has 0 saturated carbocycles. The van der Waals surface area contributed by atoms with Crippen LogP contribution in [0, 0.1) is 11.6 Å². The van der Waals surface area contributed by atoms with Gasteiger partial charge >= 0.3 is 17.5 Å². The highest BCUT2D eigenvalue weighted by atomic mass is 19.4. The monoisotopic (exact) mass is 522 g/mol. The number of nitrogens with zero attached hydrogens (tertiary/aromatic N) is 3. The van der Waals surface area contributed by atoms with Crippen molar-refractivity contribution < 1.29 is 36.7 Å². The number of benzene rings is 2. The molecule has 0 aliphatic rings. The van der Waals surface area contributed by atoms with E-state index in [1.807, 2.05) is 0 Å². The fourth-order valence-corrected chi connectivity index (χ4v) is 3.60. The van der Waals surface area contributed by atoms with Crippen molar-refractivity contribution in [3.8, 4) is 5.75 Å². The SMILES string of the molecule is Cn1c(=O)c(=O)n(O)c2ccc(C(=O)NC(c3ccc(OC(F)(F)F)c(F)c3)c3ncccc3F)cc21. The number of carbonyl (C=O) groups excluding carboxylic acids is 1. The van der Waals surface area contributed by atoms with Crippen molar-refractivity contribution in [2.24, 2.45) is 7.05 Å². The van der Waals surface area contributed by atoms with E-state index in [0.29, 0.717) is 12.1 Å². The Labute approximate surface area is 202 Å². The molecule has 0 fully saturated rings. The third-order valence-electron chi connectivity index (χ3n) is 5.36. The molecule has 2 aromatic heterocycles. The number of fused-ring (bicyclic) bond motifs is 1. The predicted octanol–water partition coefficient (Wildman–Crippen LogP) is 3.03. The van der Waals surface area contributed by atoms with Gasteiger partial charge in [-0.15, -0.1) is 17.9 Å². The molecule has 0 radical (unpaired) electrons. The van der Waals surface area contributed by atoms with Crippen LogP contribution in [0.5, 0.6) is 5.75 Å². The maximum atomic E-state index is 14.6. The first-order chi connectivity index (χ1) is 17.4. The maximum absolute atomic E-state index is 14.6. The quantitative estimate of drug-likeness (QED) is 0.237. The largest absolute Gasteiger partial charge is 0.573 e. The first-order valence-corrected chi connectivity index (χ1v) is 10.3. The lowest BCUT2D eigenvalue weighted by molar-refractivity contribution is -0.275. The second-order valence-electron chi connectivity index (χ2n) is 7.70. The van der Waals surface area contributed by atoms with E-state index in [1.165, 1.54) is 37.5 Å². The number of pyridine rings is 1. The molecule has 14 heteroatoms. The van der Waals surface area contributed by atoms with Crippen molar-refractivity contribution >= 4 is 16.9 Å². The molecule has 0 aliphatic heterocycles. The summed E-state index contributed by atoms with van der Waals surface area (Å²) in [5.41, 5.74) is -3.00. The molecule has 1 unspecified atom stereocenters. The zero-order valence-corrected chi connectivity index (χ0v) is 18.6. The van der Waals surface area contributed by atoms with Crippen LogP contribution in [0.3, 0.4) is 0 Å². The molecule has 1 atom stereocenters. The van der Waals surface area contributed by atoms with Crippen LogP contribution in [0.2, 0.25) is 0 Å². The van der Waals surface area contributed by atoms with Crippen LogP contribution in [0.25, 0.3) is 11.0 Å². The molecular weight excluding hydrogens is 507 g/mol. The lowest BCUT2D eigenvalue weighted by atomic mass is 10.0. The molecule has 0 bridgehead atoms. The zero-order chi connectivity index (χ0) is 27.1. The van der Waals surface area contributed by atoms with E-state index in [-0.39, 0.29) is 32.6 Å². The molecule has 9 nitrogen and oxygen atoms in total. The Kier molecular flexibility index (Phi) is 6.42. The van der Waals surface area contributed by atoms with Crippen LogP contribution in [-0.4, -0.2) is 31.8 Å². The van der Waals surface area contributed by atoms with Gasteiger partial charge in [0.05, 0.1) is 11.6 Å². The summed E-state index contributed by atoms with van der Waals surface area (Å²) in [5.74, 6) is -4.33. The highest BCUT2D eigenvalue weighted by Gasteiger charge is 2.33. The number of halogens is 5. The molecule has 4 aromatic rings. The van der Waals surface area contributed by atoms with E-state index in [1.54, 1.807) is 0 Å². The van der Waals surface area contributed by atoms with Gasteiger partial charge in [-0.05, 0) is 48.0 Å². The van der Waals surface area contributed by atoms with E-state index in [0.717, 1.165) is 16.7 Å². The molecule has 1 amide bonds. The maximum Gasteiger partial charge on any atom is 0.573 e. The van der Waals surface area contributed by atoms with Crippen LogP contribution in [-0.2, 0) is 7.05 Å². The first kappa shape index (κ1) is 25.3. The second-order valence-corrected chi connectivity index (χ2v) is 7.70. The Morgan fingerprint density at radius 2 is 1.76 bits per heavy atom. The normalized spacial score (nSPS) is 12.4. The number of hydrogen-bond donors (Lipinski definition) is 2. The van der Waals surface area contributed by atoms with Crippen molar-refractivity contribution in [1.82, 2.24) is 19.6 Å². The summed E-state index contributed by atoms with van der Waals surface area (Å²) in [6.45, 7) is 0. The summed E-state index contributed by atoms with van der Waals surface area (Å²) < 4.78 is 71.2. The Hall–Kier alpha value is -4.75. The molecular formula is C23H15F5N4O5. The van der Waals surface area contributed by atoms with E-state index in [2.05, 4.69) is 15.0 Å². The van der Waals surface area contributed by atoms with E-state index >= 15 is 0 Å². The van der Waals surface area contributed by atoms with Gasteiger partial charge in [-0.2, -0.15) is 0 Å². The third-order valence-corrected chi connectivity index (χ3v) is 5.36. The smallest absolute Gasteiger partial charge is 0.425 e. The first-order valence-electron chi connectivity index (χ1n) is 10.3. The lowest BCUT2D eigenvalue weighted by Crippen LogP contribution is -2.39. The molecule has 0 spiro atoms. The zero-order valence-electron chi connectivity index (χ0n) is 18.6. The number of rotatable bonds is 5. The van der Waals surface area contributed by atoms with Gasteiger partial charge in [0, 0.05) is 18.8 Å². The predicted molar refractivity (Wildman–Crippen MR) is 117 cm³/mol. The van der Waals surface area contributed by atoms with Crippen molar-refractivity contribution in [1.29, 1.82) is 0 Å². The van der Waals surface area contributed by atoms with Crippen LogP contribution in [0.1, 0.15) is 27.7 Å². The van der Waals surface area contributed by atoms with E-state index in [4.69, 9.17) is 0 Å². The van der Waals surface area contributed by atoms with Gasteiger partial charge in [0.25, 0.3) is 5.91 Å². The third kappa shape index (κ3) is 4.98. The Bertz CT molecular complexity index is 1650. The Balaban J connectivity index is 1.76. The lowest BCUT2D eigenvalue weighted by Gasteiger charge is -2.20. The highest BCUT2D eigenvalue weighted by Crippen LogP contribution is 2.30.